The van der Waals surface area contributed by atoms with Crippen molar-refractivity contribution in [3.05, 3.63) is 64.7 Å². The minimum Gasteiger partial charge on any atom is -0.444 e. The second-order valence-electron chi connectivity index (χ2n) is 10.1. The average Bonchev–Trinajstić information content (AvgIpc) is 2.83. The summed E-state index contributed by atoms with van der Waals surface area (Å²) in [6.45, 7) is 9.35. The van der Waals surface area contributed by atoms with E-state index in [1.165, 1.54) is 0 Å². The predicted octanol–water partition coefficient (Wildman–Crippen LogP) is 6.65. The molecule has 2 aromatic rings. The van der Waals surface area contributed by atoms with Gasteiger partial charge in [-0.1, -0.05) is 86.7 Å². The van der Waals surface area contributed by atoms with Crippen LogP contribution >= 0.6 is 11.6 Å². The number of alkyl carbamates (subject to hydrolysis) is 1. The van der Waals surface area contributed by atoms with Gasteiger partial charge in [-0.3, -0.25) is 9.59 Å². The summed E-state index contributed by atoms with van der Waals surface area (Å²) in [5.74, 6) is -0.747. The number of rotatable bonds is 12. The molecule has 2 aromatic carbocycles. The van der Waals surface area contributed by atoms with Gasteiger partial charge in [0, 0.05) is 6.54 Å². The lowest BCUT2D eigenvalue weighted by atomic mass is 10.0. The molecule has 0 bridgehead atoms. The van der Waals surface area contributed by atoms with Gasteiger partial charge in [-0.2, -0.15) is 0 Å². The lowest BCUT2D eigenvalue weighted by Crippen LogP contribution is -2.47. The summed E-state index contributed by atoms with van der Waals surface area (Å²) in [7, 11) is 0. The summed E-state index contributed by atoms with van der Waals surface area (Å²) in [4.78, 5) is 41.0. The maximum Gasteiger partial charge on any atom is 0.408 e. The van der Waals surface area contributed by atoms with Crippen LogP contribution in [0.1, 0.15) is 77.0 Å². The molecule has 8 heteroatoms. The zero-order valence-electron chi connectivity index (χ0n) is 22.6. The molecule has 0 heterocycles. The Hall–Kier alpha value is -3.06. The van der Waals surface area contributed by atoms with Gasteiger partial charge in [0.1, 0.15) is 18.2 Å². The summed E-state index contributed by atoms with van der Waals surface area (Å²) in [6.07, 6.45) is 4.26. The second-order valence-corrected chi connectivity index (χ2v) is 10.5. The zero-order chi connectivity index (χ0) is 27.4. The van der Waals surface area contributed by atoms with Gasteiger partial charge in [0.25, 0.3) is 5.91 Å². The van der Waals surface area contributed by atoms with Gasteiger partial charge in [-0.15, -0.1) is 0 Å². The number of hydrogen-bond acceptors (Lipinski definition) is 4. The van der Waals surface area contributed by atoms with E-state index in [4.69, 9.17) is 16.3 Å². The maximum atomic E-state index is 13.7. The fraction of sp³-hybridized carbons (Fsp3) is 0.483. The van der Waals surface area contributed by atoms with Crippen LogP contribution in [-0.4, -0.2) is 41.5 Å². The summed E-state index contributed by atoms with van der Waals surface area (Å²) in [6, 6.07) is 13.6. The van der Waals surface area contributed by atoms with Gasteiger partial charge in [-0.25, -0.2) is 4.79 Å². The van der Waals surface area contributed by atoms with Crippen molar-refractivity contribution in [3.63, 3.8) is 0 Å². The molecule has 0 aliphatic rings. The molecule has 1 unspecified atom stereocenters. The summed E-state index contributed by atoms with van der Waals surface area (Å²) in [5.41, 5.74) is 1.31. The zero-order valence-corrected chi connectivity index (χ0v) is 23.4. The lowest BCUT2D eigenvalue weighted by molar-refractivity contribution is -0.138. The van der Waals surface area contributed by atoms with E-state index in [9.17, 15) is 14.4 Å². The Kier molecular flexibility index (Phi) is 11.9. The highest BCUT2D eigenvalue weighted by Crippen LogP contribution is 2.29. The lowest BCUT2D eigenvalue weighted by Gasteiger charge is -2.32. The number of amides is 3. The van der Waals surface area contributed by atoms with Gasteiger partial charge in [-0.05, 0) is 51.3 Å². The number of para-hydroxylation sites is 1. The van der Waals surface area contributed by atoms with Crippen LogP contribution in [0.15, 0.2) is 48.5 Å². The van der Waals surface area contributed by atoms with Gasteiger partial charge >= 0.3 is 6.09 Å². The minimum atomic E-state index is -0.906. The monoisotopic (exact) mass is 529 g/mol. The molecular weight excluding hydrogens is 490 g/mol. The molecule has 2 rings (SSSR count). The number of hydrogen-bond donors (Lipinski definition) is 2. The van der Waals surface area contributed by atoms with Crippen molar-refractivity contribution < 1.29 is 19.1 Å². The Labute approximate surface area is 225 Å². The minimum absolute atomic E-state index is 0.286. The molecular formula is C29H40ClN3O4. The number of nitrogens with zero attached hydrogens (tertiary/aromatic N) is 1. The van der Waals surface area contributed by atoms with E-state index < -0.39 is 17.7 Å². The van der Waals surface area contributed by atoms with Crippen LogP contribution in [0.2, 0.25) is 5.02 Å². The van der Waals surface area contributed by atoms with Crippen LogP contribution in [0.25, 0.3) is 0 Å². The highest BCUT2D eigenvalue weighted by Gasteiger charge is 2.32. The third-order valence-electron chi connectivity index (χ3n) is 5.75. The molecule has 37 heavy (non-hydrogen) atoms. The van der Waals surface area contributed by atoms with E-state index in [0.29, 0.717) is 22.8 Å². The van der Waals surface area contributed by atoms with Crippen LogP contribution in [0.5, 0.6) is 0 Å². The number of carbonyl (C=O) groups excluding carboxylic acids is 3. The largest absolute Gasteiger partial charge is 0.444 e. The molecule has 0 saturated heterocycles. The summed E-state index contributed by atoms with van der Waals surface area (Å²) >= 11 is 6.38. The number of nitrogens with one attached hydrogen (secondary N) is 2. The quantitative estimate of drug-likeness (QED) is 0.301. The molecule has 2 N–H and O–H groups in total. The Morgan fingerprint density at radius 2 is 1.65 bits per heavy atom. The van der Waals surface area contributed by atoms with Crippen molar-refractivity contribution in [2.75, 3.05) is 18.4 Å². The Balaban J connectivity index is 2.34. The van der Waals surface area contributed by atoms with Crippen LogP contribution in [0.3, 0.4) is 0 Å². The fourth-order valence-corrected chi connectivity index (χ4v) is 4.21. The molecule has 0 aliphatic carbocycles. The number of benzene rings is 2. The predicted molar refractivity (Wildman–Crippen MR) is 149 cm³/mol. The highest BCUT2D eigenvalue weighted by molar-refractivity contribution is 6.34. The first-order valence-corrected chi connectivity index (χ1v) is 13.3. The first-order chi connectivity index (χ1) is 17.5. The molecule has 0 saturated carbocycles. The topological polar surface area (TPSA) is 87.7 Å². The first kappa shape index (κ1) is 30.2. The Bertz CT molecular complexity index is 1020. The molecule has 0 spiro atoms. The number of ether oxygens (including phenoxy) is 1. The number of anilines is 1. The smallest absolute Gasteiger partial charge is 0.408 e. The SMILES string of the molecule is CCCCCCCN(C(=O)CNC(=O)OC(C)(C)C)C(C(=O)Nc1c(C)cccc1Cl)c1ccccc1. The van der Waals surface area contributed by atoms with Crippen molar-refractivity contribution >= 4 is 35.2 Å². The molecule has 7 nitrogen and oxygen atoms in total. The molecule has 1 atom stereocenters. The van der Waals surface area contributed by atoms with Crippen molar-refractivity contribution in [1.82, 2.24) is 10.2 Å². The maximum absolute atomic E-state index is 13.7. The third kappa shape index (κ3) is 10.1. The Morgan fingerprint density at radius 3 is 2.27 bits per heavy atom. The van der Waals surface area contributed by atoms with E-state index in [0.717, 1.165) is 37.7 Å². The summed E-state index contributed by atoms with van der Waals surface area (Å²) < 4.78 is 5.28. The van der Waals surface area contributed by atoms with E-state index in [2.05, 4.69) is 17.6 Å². The van der Waals surface area contributed by atoms with E-state index in [1.807, 2.05) is 49.4 Å². The fourth-order valence-electron chi connectivity index (χ4n) is 3.94. The van der Waals surface area contributed by atoms with Gasteiger partial charge in [0.05, 0.1) is 10.7 Å². The van der Waals surface area contributed by atoms with Gasteiger partial charge < -0.3 is 20.3 Å². The van der Waals surface area contributed by atoms with E-state index in [-0.39, 0.29) is 18.4 Å². The normalized spacial score (nSPS) is 11.9. The molecule has 202 valence electrons. The second kappa shape index (κ2) is 14.6. The number of unbranched alkanes of at least 4 members (excludes halogenated alkanes) is 4. The molecule has 0 aliphatic heterocycles. The van der Waals surface area contributed by atoms with Crippen molar-refractivity contribution in [2.24, 2.45) is 0 Å². The number of carbonyl (C=O) groups is 3. The standard InChI is InChI=1S/C29H40ClN3O4/c1-6-7-8-9-13-19-33(24(34)20-31-28(36)37-29(3,4)5)26(22-16-11-10-12-17-22)27(35)32-25-21(2)15-14-18-23(25)30/h10-12,14-18,26H,6-9,13,19-20H2,1-5H3,(H,31,36)(H,32,35). The van der Waals surface area contributed by atoms with Gasteiger partial charge in [0.15, 0.2) is 0 Å². The van der Waals surface area contributed by atoms with Crippen molar-refractivity contribution in [2.45, 2.75) is 78.4 Å². The van der Waals surface area contributed by atoms with Gasteiger partial charge in [0.2, 0.25) is 5.91 Å². The molecule has 0 radical (unpaired) electrons. The number of halogens is 1. The first-order valence-electron chi connectivity index (χ1n) is 12.9. The highest BCUT2D eigenvalue weighted by atomic mass is 35.5. The molecule has 3 amide bonds. The van der Waals surface area contributed by atoms with E-state index >= 15 is 0 Å². The average molecular weight is 530 g/mol. The van der Waals surface area contributed by atoms with E-state index in [1.54, 1.807) is 31.7 Å². The molecule has 0 fully saturated rings. The van der Waals surface area contributed by atoms with Crippen LogP contribution in [-0.2, 0) is 14.3 Å². The van der Waals surface area contributed by atoms with Crippen LogP contribution in [0, 0.1) is 6.92 Å². The number of aryl methyl sites for hydroxylation is 1. The van der Waals surface area contributed by atoms with Crippen molar-refractivity contribution in [3.8, 4) is 0 Å². The summed E-state index contributed by atoms with van der Waals surface area (Å²) in [5, 5.41) is 5.90. The van der Waals surface area contributed by atoms with Crippen LogP contribution in [0.4, 0.5) is 10.5 Å². The molecule has 0 aromatic heterocycles. The third-order valence-corrected chi connectivity index (χ3v) is 6.07. The van der Waals surface area contributed by atoms with Crippen LogP contribution < -0.4 is 10.6 Å². The Morgan fingerprint density at radius 1 is 0.973 bits per heavy atom. The van der Waals surface area contributed by atoms with Crippen molar-refractivity contribution in [1.29, 1.82) is 0 Å².